The van der Waals surface area contributed by atoms with Crippen LogP contribution in [0.2, 0.25) is 0 Å². The molecule has 152 valence electrons. The van der Waals surface area contributed by atoms with Crippen molar-refractivity contribution in [2.75, 3.05) is 0 Å². The first kappa shape index (κ1) is 34.3. The van der Waals surface area contributed by atoms with Crippen LogP contribution in [0, 0.1) is 0 Å². The van der Waals surface area contributed by atoms with Gasteiger partial charge in [0, 0.05) is 38.2 Å². The molecule has 0 spiro atoms. The Hall–Kier alpha value is -4.02. The first-order chi connectivity index (χ1) is 12.2. The van der Waals surface area contributed by atoms with Crippen molar-refractivity contribution in [2.24, 2.45) is 0 Å². The molecule has 2 amide bonds. The summed E-state index contributed by atoms with van der Waals surface area (Å²) in [5.41, 5.74) is 0. The van der Waals surface area contributed by atoms with Crippen LogP contribution >= 0.6 is 0 Å². The van der Waals surface area contributed by atoms with Crippen LogP contribution in [0.1, 0.15) is 13.8 Å². The van der Waals surface area contributed by atoms with Crippen LogP contribution in [0.15, 0.2) is 50.6 Å². The summed E-state index contributed by atoms with van der Waals surface area (Å²) in [6.45, 7) is 14.4. The maximum absolute atomic E-state index is 9.92. The smallest absolute Gasteiger partial charge is 0.327 e. The summed E-state index contributed by atoms with van der Waals surface area (Å²) in [5.74, 6) is -4.55. The van der Waals surface area contributed by atoms with Crippen molar-refractivity contribution in [1.82, 2.24) is 5.32 Å². The zero-order valence-electron chi connectivity index (χ0n) is 14.9. The summed E-state index contributed by atoms with van der Waals surface area (Å²) in [4.78, 5) is 56.8. The lowest BCUT2D eigenvalue weighted by molar-refractivity contribution is -0.132. The van der Waals surface area contributed by atoms with Crippen LogP contribution in [0.3, 0.4) is 0 Å². The standard InChI is InChI=1S/C4H7NO2.4C3H4O2/c1-3(6)5-4(2)7;4*1-2-3(4)5/h1-2H3,(H,5,6,7);4*2H,1H2,(H,4,5). The predicted octanol–water partition coefficient (Wildman–Crippen LogP) is 0.697. The Kier molecular flexibility index (Phi) is 34.2. The number of hydrogen-bond acceptors (Lipinski definition) is 6. The third-order valence-corrected chi connectivity index (χ3v) is 1.05. The van der Waals surface area contributed by atoms with Gasteiger partial charge in [0.05, 0.1) is 0 Å². The normalized spacial score (nSPS) is 6.74. The van der Waals surface area contributed by atoms with Crippen molar-refractivity contribution in [3.8, 4) is 0 Å². The molecule has 0 saturated heterocycles. The SMILES string of the molecule is C=CC(=O)O.C=CC(=O)O.C=CC(=O)O.C=CC(=O)O.CC(=O)NC(C)=O. The second kappa shape index (κ2) is 26.9. The van der Waals surface area contributed by atoms with E-state index in [-0.39, 0.29) is 11.8 Å². The molecule has 0 aliphatic rings. The summed E-state index contributed by atoms with van der Waals surface area (Å²) < 4.78 is 0. The van der Waals surface area contributed by atoms with E-state index in [9.17, 15) is 28.8 Å². The van der Waals surface area contributed by atoms with Crippen LogP contribution < -0.4 is 5.32 Å². The lowest BCUT2D eigenvalue weighted by Gasteiger charge is -1.88. The van der Waals surface area contributed by atoms with Crippen LogP contribution in [0.25, 0.3) is 0 Å². The van der Waals surface area contributed by atoms with Gasteiger partial charge in [0.15, 0.2) is 0 Å². The van der Waals surface area contributed by atoms with Crippen LogP contribution in [-0.4, -0.2) is 56.1 Å². The Bertz CT molecular complexity index is 465. The van der Waals surface area contributed by atoms with Crippen LogP contribution in [0.4, 0.5) is 0 Å². The molecule has 0 aromatic carbocycles. The molecule has 11 nitrogen and oxygen atoms in total. The first-order valence-electron chi connectivity index (χ1n) is 6.41. The largest absolute Gasteiger partial charge is 0.478 e. The molecule has 0 rings (SSSR count). The maximum Gasteiger partial charge on any atom is 0.327 e. The van der Waals surface area contributed by atoms with Crippen molar-refractivity contribution in [2.45, 2.75) is 13.8 Å². The fraction of sp³-hybridized carbons (Fsp3) is 0.125. The molecule has 0 aliphatic carbocycles. The van der Waals surface area contributed by atoms with E-state index in [4.69, 9.17) is 20.4 Å². The topological polar surface area (TPSA) is 195 Å². The number of imide groups is 1. The fourth-order valence-electron chi connectivity index (χ4n) is 0.248. The molecular weight excluding hydrogens is 366 g/mol. The molecule has 0 aromatic rings. The van der Waals surface area contributed by atoms with Gasteiger partial charge in [-0.05, 0) is 0 Å². The number of nitrogens with one attached hydrogen (secondary N) is 1. The number of carbonyl (C=O) groups excluding carboxylic acids is 2. The second-order valence-electron chi connectivity index (χ2n) is 3.41. The highest BCUT2D eigenvalue weighted by Gasteiger charge is 1.90. The van der Waals surface area contributed by atoms with Gasteiger partial charge in [0.2, 0.25) is 11.8 Å². The summed E-state index contributed by atoms with van der Waals surface area (Å²) in [6, 6.07) is 0. The highest BCUT2D eigenvalue weighted by Crippen LogP contribution is 1.59. The molecule has 0 fully saturated rings. The van der Waals surface area contributed by atoms with Gasteiger partial charge < -0.3 is 20.4 Å². The third kappa shape index (κ3) is 138. The molecule has 0 aromatic heterocycles. The molecule has 0 radical (unpaired) electrons. The molecule has 0 heterocycles. The number of hydrogen-bond donors (Lipinski definition) is 5. The van der Waals surface area contributed by atoms with Gasteiger partial charge in [-0.25, -0.2) is 19.2 Å². The molecule has 5 N–H and O–H groups in total. The van der Waals surface area contributed by atoms with E-state index in [2.05, 4.69) is 26.3 Å². The van der Waals surface area contributed by atoms with E-state index in [0.29, 0.717) is 0 Å². The number of aliphatic carboxylic acids is 4. The minimum atomic E-state index is -0.981. The minimum Gasteiger partial charge on any atom is -0.478 e. The van der Waals surface area contributed by atoms with Gasteiger partial charge in [0.1, 0.15) is 0 Å². The molecular formula is C16H23NO10. The Labute approximate surface area is 155 Å². The van der Waals surface area contributed by atoms with E-state index < -0.39 is 23.9 Å². The number of carboxylic acid groups (broad SMARTS) is 4. The van der Waals surface area contributed by atoms with Gasteiger partial charge in [0.25, 0.3) is 0 Å². The lowest BCUT2D eigenvalue weighted by Crippen LogP contribution is -2.24. The molecule has 0 bridgehead atoms. The number of amides is 2. The van der Waals surface area contributed by atoms with Crippen LogP contribution in [0.5, 0.6) is 0 Å². The van der Waals surface area contributed by atoms with E-state index >= 15 is 0 Å². The van der Waals surface area contributed by atoms with Gasteiger partial charge in [-0.2, -0.15) is 0 Å². The number of carboxylic acids is 4. The zero-order chi connectivity index (χ0) is 23.0. The molecule has 0 unspecified atom stereocenters. The average Bonchev–Trinajstić information content (AvgIpc) is 2.55. The minimum absolute atomic E-state index is 0.312. The van der Waals surface area contributed by atoms with Crippen LogP contribution in [-0.2, 0) is 28.8 Å². The second-order valence-corrected chi connectivity index (χ2v) is 3.41. The fourth-order valence-corrected chi connectivity index (χ4v) is 0.248. The zero-order valence-corrected chi connectivity index (χ0v) is 14.9. The van der Waals surface area contributed by atoms with Crippen molar-refractivity contribution in [3.05, 3.63) is 50.6 Å². The van der Waals surface area contributed by atoms with Crippen molar-refractivity contribution < 1.29 is 49.2 Å². The number of rotatable bonds is 4. The molecule has 0 atom stereocenters. The van der Waals surface area contributed by atoms with Gasteiger partial charge in [-0.1, -0.05) is 26.3 Å². The lowest BCUT2D eigenvalue weighted by atomic mass is 10.6. The van der Waals surface area contributed by atoms with Gasteiger partial charge in [-0.15, -0.1) is 0 Å². The molecule has 27 heavy (non-hydrogen) atoms. The summed E-state index contributed by atoms with van der Waals surface area (Å²) in [5, 5.41) is 32.4. The van der Waals surface area contributed by atoms with E-state index in [0.717, 1.165) is 24.3 Å². The van der Waals surface area contributed by atoms with Gasteiger partial charge in [-0.3, -0.25) is 14.9 Å². The Morgan fingerprint density at radius 2 is 0.667 bits per heavy atom. The van der Waals surface area contributed by atoms with E-state index in [1.165, 1.54) is 13.8 Å². The molecule has 0 saturated carbocycles. The molecule has 11 heteroatoms. The Morgan fingerprint density at radius 1 is 0.556 bits per heavy atom. The highest BCUT2D eigenvalue weighted by atomic mass is 16.4. The predicted molar refractivity (Wildman–Crippen MR) is 95.8 cm³/mol. The number of carbonyl (C=O) groups is 6. The van der Waals surface area contributed by atoms with Gasteiger partial charge >= 0.3 is 23.9 Å². The van der Waals surface area contributed by atoms with Crippen molar-refractivity contribution >= 4 is 35.7 Å². The summed E-state index contributed by atoms with van der Waals surface area (Å²) in [6.07, 6.45) is 3.33. The quantitative estimate of drug-likeness (QED) is 0.427. The van der Waals surface area contributed by atoms with E-state index in [1.807, 2.05) is 5.32 Å². The average molecular weight is 389 g/mol. The van der Waals surface area contributed by atoms with Crippen molar-refractivity contribution in [1.29, 1.82) is 0 Å². The Morgan fingerprint density at radius 3 is 0.667 bits per heavy atom. The first-order valence-corrected chi connectivity index (χ1v) is 6.41. The maximum atomic E-state index is 9.92. The summed E-state index contributed by atoms with van der Waals surface area (Å²) in [7, 11) is 0. The summed E-state index contributed by atoms with van der Waals surface area (Å²) >= 11 is 0. The molecule has 0 aliphatic heterocycles. The van der Waals surface area contributed by atoms with Crippen molar-refractivity contribution in [3.63, 3.8) is 0 Å². The third-order valence-electron chi connectivity index (χ3n) is 1.05. The van der Waals surface area contributed by atoms with E-state index in [1.54, 1.807) is 0 Å². The Balaban J connectivity index is -0.0000000753. The monoisotopic (exact) mass is 389 g/mol. The highest BCUT2D eigenvalue weighted by molar-refractivity contribution is 5.92.